The van der Waals surface area contributed by atoms with Gasteiger partial charge in [-0.15, -0.1) is 0 Å². The molecule has 0 amide bonds. The van der Waals surface area contributed by atoms with Crippen molar-refractivity contribution in [2.75, 3.05) is 5.43 Å². The average Bonchev–Trinajstić information content (AvgIpc) is 2.46. The fraction of sp³-hybridized carbons (Fsp3) is 0.0714. The number of halogens is 1. The zero-order valence-electron chi connectivity index (χ0n) is 10.7. The number of hydrazone groups is 1. The van der Waals surface area contributed by atoms with E-state index in [1.807, 2.05) is 19.1 Å². The Morgan fingerprint density at radius 2 is 2.20 bits per heavy atom. The molecule has 0 aliphatic heterocycles. The van der Waals surface area contributed by atoms with E-state index >= 15 is 0 Å². The molecule has 0 fully saturated rings. The quantitative estimate of drug-likeness (QED) is 0.669. The van der Waals surface area contributed by atoms with Gasteiger partial charge in [-0.2, -0.15) is 5.10 Å². The molecule has 2 rings (SSSR count). The minimum Gasteiger partial charge on any atom is -0.478 e. The molecule has 0 aliphatic rings. The van der Waals surface area contributed by atoms with Crippen LogP contribution in [0, 0.1) is 0 Å². The number of carbonyl (C=O) groups is 1. The van der Waals surface area contributed by atoms with E-state index in [2.05, 4.69) is 15.5 Å². The monoisotopic (exact) mass is 289 g/mol. The van der Waals surface area contributed by atoms with Crippen molar-refractivity contribution in [3.05, 3.63) is 58.9 Å². The number of carboxylic acid groups (broad SMARTS) is 1. The van der Waals surface area contributed by atoms with Crippen molar-refractivity contribution in [3.8, 4) is 0 Å². The second-order valence-electron chi connectivity index (χ2n) is 4.05. The maximum Gasteiger partial charge on any atom is 0.337 e. The van der Waals surface area contributed by atoms with E-state index in [-0.39, 0.29) is 10.6 Å². The highest BCUT2D eigenvalue weighted by Gasteiger charge is 2.09. The van der Waals surface area contributed by atoms with Crippen LogP contribution < -0.4 is 5.43 Å². The molecule has 1 aromatic heterocycles. The van der Waals surface area contributed by atoms with Crippen molar-refractivity contribution >= 4 is 29.0 Å². The first kappa shape index (κ1) is 14.0. The number of aromatic nitrogens is 1. The van der Waals surface area contributed by atoms with Crippen molar-refractivity contribution in [1.29, 1.82) is 0 Å². The Morgan fingerprint density at radius 1 is 1.40 bits per heavy atom. The van der Waals surface area contributed by atoms with Crippen LogP contribution in [0.25, 0.3) is 0 Å². The summed E-state index contributed by atoms with van der Waals surface area (Å²) in [6.45, 7) is 1.83. The maximum atomic E-state index is 11.0. The van der Waals surface area contributed by atoms with Gasteiger partial charge >= 0.3 is 5.97 Å². The summed E-state index contributed by atoms with van der Waals surface area (Å²) in [7, 11) is 0. The molecule has 0 saturated carbocycles. The lowest BCUT2D eigenvalue weighted by Crippen LogP contribution is -2.02. The lowest BCUT2D eigenvalue weighted by molar-refractivity contribution is 0.0697. The summed E-state index contributed by atoms with van der Waals surface area (Å²) in [5.74, 6) is -1.08. The number of hydrogen-bond acceptors (Lipinski definition) is 4. The van der Waals surface area contributed by atoms with E-state index < -0.39 is 5.97 Å². The van der Waals surface area contributed by atoms with Crippen molar-refractivity contribution in [3.63, 3.8) is 0 Å². The molecule has 5 nitrogen and oxygen atoms in total. The molecule has 0 unspecified atom stereocenters. The van der Waals surface area contributed by atoms with Gasteiger partial charge < -0.3 is 5.11 Å². The van der Waals surface area contributed by atoms with Gasteiger partial charge in [0.1, 0.15) is 0 Å². The number of benzene rings is 1. The largest absolute Gasteiger partial charge is 0.478 e. The van der Waals surface area contributed by atoms with Crippen molar-refractivity contribution in [2.24, 2.45) is 5.10 Å². The van der Waals surface area contributed by atoms with Crippen molar-refractivity contribution in [2.45, 2.75) is 6.92 Å². The van der Waals surface area contributed by atoms with Gasteiger partial charge in [0.25, 0.3) is 0 Å². The van der Waals surface area contributed by atoms with Gasteiger partial charge in [0, 0.05) is 18.0 Å². The van der Waals surface area contributed by atoms with Crippen LogP contribution in [-0.4, -0.2) is 21.8 Å². The number of pyridine rings is 1. The van der Waals surface area contributed by atoms with E-state index in [0.29, 0.717) is 5.69 Å². The molecule has 0 radical (unpaired) electrons. The third-order valence-corrected chi connectivity index (χ3v) is 2.96. The first-order valence-corrected chi connectivity index (χ1v) is 6.19. The summed E-state index contributed by atoms with van der Waals surface area (Å²) < 4.78 is 0. The molecule has 0 atom stereocenters. The van der Waals surface area contributed by atoms with Gasteiger partial charge in [-0.1, -0.05) is 17.7 Å². The summed E-state index contributed by atoms with van der Waals surface area (Å²) in [5, 5.41) is 13.4. The van der Waals surface area contributed by atoms with Crippen molar-refractivity contribution < 1.29 is 9.90 Å². The lowest BCUT2D eigenvalue weighted by atomic mass is 10.2. The van der Waals surface area contributed by atoms with Gasteiger partial charge in [-0.05, 0) is 31.2 Å². The minimum absolute atomic E-state index is 0.0332. The third-order valence-electron chi connectivity index (χ3n) is 2.63. The summed E-state index contributed by atoms with van der Waals surface area (Å²) in [6, 6.07) is 8.32. The second kappa shape index (κ2) is 6.16. The number of nitrogens with zero attached hydrogens (tertiary/aromatic N) is 2. The van der Waals surface area contributed by atoms with Gasteiger partial charge in [-0.25, -0.2) is 4.79 Å². The van der Waals surface area contributed by atoms with Crippen LogP contribution in [0.3, 0.4) is 0 Å². The predicted molar refractivity (Wildman–Crippen MR) is 78.5 cm³/mol. The number of nitrogens with one attached hydrogen (secondary N) is 1. The standard InChI is InChI=1S/C14H12ClN3O2/c1-9(10-3-2-6-16-8-10)17-18-11-4-5-13(15)12(7-11)14(19)20/h2-8,18H,1H3,(H,19,20). The molecule has 0 saturated heterocycles. The Kier molecular flexibility index (Phi) is 4.32. The third kappa shape index (κ3) is 3.33. The summed E-state index contributed by atoms with van der Waals surface area (Å²) >= 11 is 5.80. The van der Waals surface area contributed by atoms with Crippen LogP contribution in [0.1, 0.15) is 22.8 Å². The molecule has 102 valence electrons. The Labute approximate surface area is 120 Å². The first-order chi connectivity index (χ1) is 9.58. The van der Waals surface area contributed by atoms with Gasteiger partial charge in [0.05, 0.1) is 22.0 Å². The Balaban J connectivity index is 2.19. The lowest BCUT2D eigenvalue weighted by Gasteiger charge is -2.05. The second-order valence-corrected chi connectivity index (χ2v) is 4.46. The highest BCUT2D eigenvalue weighted by Crippen LogP contribution is 2.20. The predicted octanol–water partition coefficient (Wildman–Crippen LogP) is 3.27. The summed E-state index contributed by atoms with van der Waals surface area (Å²) in [6.07, 6.45) is 3.38. The maximum absolute atomic E-state index is 11.0. The van der Waals surface area contributed by atoms with E-state index in [0.717, 1.165) is 11.3 Å². The fourth-order valence-corrected chi connectivity index (χ4v) is 1.75. The number of anilines is 1. The highest BCUT2D eigenvalue weighted by molar-refractivity contribution is 6.33. The van der Waals surface area contributed by atoms with Crippen LogP contribution in [0.2, 0.25) is 5.02 Å². The van der Waals surface area contributed by atoms with Crippen LogP contribution in [0.15, 0.2) is 47.8 Å². The normalized spacial score (nSPS) is 11.2. The Morgan fingerprint density at radius 3 is 2.85 bits per heavy atom. The molecular weight excluding hydrogens is 278 g/mol. The van der Waals surface area contributed by atoms with Crippen LogP contribution >= 0.6 is 11.6 Å². The van der Waals surface area contributed by atoms with Gasteiger partial charge in [0.2, 0.25) is 0 Å². The number of aromatic carboxylic acids is 1. The molecule has 1 aromatic carbocycles. The molecule has 20 heavy (non-hydrogen) atoms. The van der Waals surface area contributed by atoms with E-state index in [4.69, 9.17) is 16.7 Å². The number of carboxylic acids is 1. The fourth-order valence-electron chi connectivity index (χ4n) is 1.55. The highest BCUT2D eigenvalue weighted by atomic mass is 35.5. The number of rotatable bonds is 4. The van der Waals surface area contributed by atoms with Gasteiger partial charge in [0.15, 0.2) is 0 Å². The molecule has 0 aliphatic carbocycles. The van der Waals surface area contributed by atoms with E-state index in [1.54, 1.807) is 18.5 Å². The zero-order valence-corrected chi connectivity index (χ0v) is 11.4. The van der Waals surface area contributed by atoms with Crippen LogP contribution in [-0.2, 0) is 0 Å². The molecule has 0 bridgehead atoms. The minimum atomic E-state index is -1.08. The topological polar surface area (TPSA) is 74.6 Å². The molecule has 2 aromatic rings. The first-order valence-electron chi connectivity index (χ1n) is 5.81. The average molecular weight is 290 g/mol. The SMILES string of the molecule is CC(=NNc1ccc(Cl)c(C(=O)O)c1)c1cccnc1. The summed E-state index contributed by atoms with van der Waals surface area (Å²) in [5.41, 5.74) is 5.01. The Hall–Kier alpha value is -2.40. The van der Waals surface area contributed by atoms with E-state index in [9.17, 15) is 4.79 Å². The molecule has 1 heterocycles. The smallest absolute Gasteiger partial charge is 0.337 e. The molecule has 0 spiro atoms. The van der Waals surface area contributed by atoms with E-state index in [1.165, 1.54) is 12.1 Å². The molecule has 6 heteroatoms. The van der Waals surface area contributed by atoms with Gasteiger partial charge in [-0.3, -0.25) is 10.4 Å². The molecule has 2 N–H and O–H groups in total. The van der Waals surface area contributed by atoms with Crippen LogP contribution in [0.5, 0.6) is 0 Å². The Bertz CT molecular complexity index is 657. The van der Waals surface area contributed by atoms with Crippen LogP contribution in [0.4, 0.5) is 5.69 Å². The summed E-state index contributed by atoms with van der Waals surface area (Å²) in [4.78, 5) is 15.0. The van der Waals surface area contributed by atoms with Crippen molar-refractivity contribution in [1.82, 2.24) is 4.98 Å². The number of hydrogen-bond donors (Lipinski definition) is 2. The molecular formula is C14H12ClN3O2. The zero-order chi connectivity index (χ0) is 14.5.